The number of thiazole rings is 1. The van der Waals surface area contributed by atoms with Gasteiger partial charge in [0.05, 0.1) is 28.1 Å². The van der Waals surface area contributed by atoms with E-state index in [0.29, 0.717) is 10.7 Å². The molecule has 0 spiro atoms. The number of nitrogens with two attached hydrogens (primary N) is 2. The van der Waals surface area contributed by atoms with Gasteiger partial charge in [0.25, 0.3) is 0 Å². The fourth-order valence-corrected chi connectivity index (χ4v) is 5.37. The molecule has 3 rings (SSSR count). The molecule has 2 aromatic rings. The van der Waals surface area contributed by atoms with Crippen LogP contribution in [-0.2, 0) is 4.79 Å². The van der Waals surface area contributed by atoms with E-state index in [4.69, 9.17) is 23.2 Å². The lowest BCUT2D eigenvalue weighted by Crippen LogP contribution is -2.42. The van der Waals surface area contributed by atoms with Gasteiger partial charge in [0.1, 0.15) is 17.3 Å². The van der Waals surface area contributed by atoms with E-state index in [2.05, 4.69) is 29.8 Å². The van der Waals surface area contributed by atoms with E-state index in [1.807, 2.05) is 58.2 Å². The lowest BCUT2D eigenvalue weighted by molar-refractivity contribution is -0.112. The quantitative estimate of drug-likeness (QED) is 0.168. The molecule has 0 radical (unpaired) electrons. The zero-order valence-corrected chi connectivity index (χ0v) is 24.3. The van der Waals surface area contributed by atoms with Gasteiger partial charge in [-0.2, -0.15) is 0 Å². The van der Waals surface area contributed by atoms with Gasteiger partial charge in [-0.3, -0.25) is 4.90 Å². The average molecular weight is 548 g/mol. The van der Waals surface area contributed by atoms with Crippen LogP contribution in [0.1, 0.15) is 58.5 Å². The normalized spacial score (nSPS) is 21.1. The number of para-hydroxylation sites is 1. The summed E-state index contributed by atoms with van der Waals surface area (Å²) < 4.78 is 1.23. The van der Waals surface area contributed by atoms with Gasteiger partial charge in [-0.15, -0.1) is 11.3 Å². The van der Waals surface area contributed by atoms with Crippen LogP contribution in [0.15, 0.2) is 58.9 Å². The first-order valence-corrected chi connectivity index (χ1v) is 13.9. The van der Waals surface area contributed by atoms with Crippen LogP contribution in [0, 0.1) is 11.8 Å². The fourth-order valence-electron chi connectivity index (χ4n) is 4.16. The Morgan fingerprint density at radius 2 is 2.00 bits per heavy atom. The number of hydrogen-bond acceptors (Lipinski definition) is 8. The standard InChI is InChI=1S/C16H28ClN3O.C12H14N2OS/c1-6-12(4)14(8-7-13(5)17)15(18)9-20(19)16(10-21)11(2)3;1-14-7-8(15)6-10(14)12-13-9-4-2-3-5-11(9)16-12/h7-12,16H,6,18-19H2,1-5H3;2-5,8,10,15H,6-7H2,1H3/b13-7+,14-8+,15-9-;. The number of aromatic nitrogens is 1. The molecule has 1 aliphatic heterocycles. The lowest BCUT2D eigenvalue weighted by atomic mass is 9.95. The monoisotopic (exact) mass is 547 g/mol. The number of hydrogen-bond donors (Lipinski definition) is 3. The summed E-state index contributed by atoms with van der Waals surface area (Å²) in [6.07, 6.45) is 7.71. The van der Waals surface area contributed by atoms with Crippen LogP contribution in [0.5, 0.6) is 0 Å². The molecule has 0 bridgehead atoms. The van der Waals surface area contributed by atoms with Crippen molar-refractivity contribution in [1.82, 2.24) is 14.9 Å². The average Bonchev–Trinajstić information content (AvgIpc) is 3.41. The Morgan fingerprint density at radius 1 is 1.32 bits per heavy atom. The number of carbonyl (C=O) groups excluding carboxylic acids is 1. The number of aliphatic hydroxyl groups excluding tert-OH is 1. The summed E-state index contributed by atoms with van der Waals surface area (Å²) >= 11 is 7.61. The second kappa shape index (κ2) is 14.6. The summed E-state index contributed by atoms with van der Waals surface area (Å²) in [5.41, 5.74) is 8.73. The number of aldehydes is 1. The van der Waals surface area contributed by atoms with E-state index in [1.54, 1.807) is 17.5 Å². The molecule has 1 saturated heterocycles. The second-order valence-electron chi connectivity index (χ2n) is 9.95. The van der Waals surface area contributed by atoms with Crippen LogP contribution in [0.3, 0.4) is 0 Å². The van der Waals surface area contributed by atoms with Crippen LogP contribution < -0.4 is 11.6 Å². The molecule has 204 valence electrons. The highest BCUT2D eigenvalue weighted by Crippen LogP contribution is 2.35. The molecule has 7 nitrogen and oxygen atoms in total. The highest BCUT2D eigenvalue weighted by atomic mass is 35.5. The second-order valence-corrected chi connectivity index (χ2v) is 11.6. The molecule has 0 amide bonds. The van der Waals surface area contributed by atoms with Crippen molar-refractivity contribution in [2.75, 3.05) is 13.6 Å². The largest absolute Gasteiger partial charge is 0.397 e. The molecule has 9 heteroatoms. The fraction of sp³-hybridized carbons (Fsp3) is 0.500. The minimum absolute atomic E-state index is 0.109. The first kappa shape index (κ1) is 31.0. The minimum atomic E-state index is -0.396. The summed E-state index contributed by atoms with van der Waals surface area (Å²) in [6.45, 7) is 10.6. The number of β-amino-alcohol motifs (C(OH)–C–C–N with tert-alkyl or cyclic N) is 1. The number of fused-ring (bicyclic) bond motifs is 1. The smallest absolute Gasteiger partial charge is 0.144 e. The van der Waals surface area contributed by atoms with Crippen LogP contribution in [-0.4, -0.2) is 52.0 Å². The highest BCUT2D eigenvalue weighted by molar-refractivity contribution is 7.18. The Bertz CT molecular complexity index is 1080. The summed E-state index contributed by atoms with van der Waals surface area (Å²) in [7, 11) is 2.05. The molecular weight excluding hydrogens is 506 g/mol. The van der Waals surface area contributed by atoms with Gasteiger partial charge in [0.15, 0.2) is 0 Å². The van der Waals surface area contributed by atoms with Crippen molar-refractivity contribution in [3.63, 3.8) is 0 Å². The van der Waals surface area contributed by atoms with Gasteiger partial charge in [-0.05, 0) is 62.4 Å². The maximum atomic E-state index is 11.1. The van der Waals surface area contributed by atoms with E-state index in [1.165, 1.54) is 9.71 Å². The van der Waals surface area contributed by atoms with Crippen molar-refractivity contribution in [3.05, 3.63) is 63.9 Å². The Balaban J connectivity index is 0.000000267. The number of likely N-dealkylation sites (tertiary alicyclic amines) is 1. The summed E-state index contributed by atoms with van der Waals surface area (Å²) in [6, 6.07) is 8.08. The van der Waals surface area contributed by atoms with Gasteiger partial charge >= 0.3 is 0 Å². The molecule has 0 saturated carbocycles. The van der Waals surface area contributed by atoms with Gasteiger partial charge in [-0.25, -0.2) is 10.8 Å². The van der Waals surface area contributed by atoms with Gasteiger partial charge < -0.3 is 20.6 Å². The maximum absolute atomic E-state index is 11.1. The van der Waals surface area contributed by atoms with Crippen molar-refractivity contribution < 1.29 is 9.90 Å². The number of carbonyl (C=O) groups is 1. The van der Waals surface area contributed by atoms with E-state index in [-0.39, 0.29) is 24.0 Å². The van der Waals surface area contributed by atoms with Crippen LogP contribution in [0.25, 0.3) is 10.2 Å². The zero-order chi connectivity index (χ0) is 27.7. The number of benzene rings is 1. The molecule has 37 heavy (non-hydrogen) atoms. The van der Waals surface area contributed by atoms with Crippen LogP contribution >= 0.6 is 22.9 Å². The zero-order valence-electron chi connectivity index (χ0n) is 22.8. The lowest BCUT2D eigenvalue weighted by Gasteiger charge is -2.26. The minimum Gasteiger partial charge on any atom is -0.397 e. The molecule has 1 aromatic carbocycles. The van der Waals surface area contributed by atoms with Crippen molar-refractivity contribution in [3.8, 4) is 0 Å². The third kappa shape index (κ3) is 8.93. The highest BCUT2D eigenvalue weighted by Gasteiger charge is 2.31. The molecule has 1 aliphatic rings. The summed E-state index contributed by atoms with van der Waals surface area (Å²) in [5.74, 6) is 6.33. The number of likely N-dealkylation sites (N-methyl/N-ethyl adjacent to an activating group) is 1. The van der Waals surface area contributed by atoms with E-state index in [9.17, 15) is 9.90 Å². The summed E-state index contributed by atoms with van der Waals surface area (Å²) in [5, 5.41) is 12.8. The number of hydrazine groups is 1. The molecule has 1 fully saturated rings. The van der Waals surface area contributed by atoms with Crippen molar-refractivity contribution in [2.24, 2.45) is 23.4 Å². The maximum Gasteiger partial charge on any atom is 0.144 e. The van der Waals surface area contributed by atoms with E-state index < -0.39 is 6.04 Å². The Morgan fingerprint density at radius 3 is 2.51 bits per heavy atom. The molecule has 4 unspecified atom stereocenters. The first-order valence-electron chi connectivity index (χ1n) is 12.7. The van der Waals surface area contributed by atoms with Gasteiger partial charge in [-0.1, -0.05) is 57.5 Å². The van der Waals surface area contributed by atoms with Crippen LogP contribution in [0.4, 0.5) is 0 Å². The molecule has 4 atom stereocenters. The number of nitrogens with zero attached hydrogens (tertiary/aromatic N) is 3. The number of aliphatic hydroxyl groups is 1. The Kier molecular flexibility index (Phi) is 12.3. The van der Waals surface area contributed by atoms with E-state index >= 15 is 0 Å². The third-order valence-electron chi connectivity index (χ3n) is 6.55. The predicted molar refractivity (Wildman–Crippen MR) is 156 cm³/mol. The van der Waals surface area contributed by atoms with Gasteiger partial charge in [0.2, 0.25) is 0 Å². The van der Waals surface area contributed by atoms with Crippen LogP contribution in [0.2, 0.25) is 0 Å². The predicted octanol–water partition coefficient (Wildman–Crippen LogP) is 5.33. The van der Waals surface area contributed by atoms with Crippen molar-refractivity contribution in [1.29, 1.82) is 0 Å². The third-order valence-corrected chi connectivity index (χ3v) is 7.81. The molecule has 1 aromatic heterocycles. The SMILES string of the molecule is CCC(C)C(=C\C=C(/C)Cl)/C(N)=C/N(N)C(C=O)C(C)C.CN1CC(O)CC1c1nc2ccccc2s1. The molecule has 5 N–H and O–H groups in total. The van der Waals surface area contributed by atoms with E-state index in [0.717, 1.165) is 41.8 Å². The number of rotatable bonds is 9. The Hall–Kier alpha value is -2.23. The molecular formula is C28H42ClN5O2S. The number of allylic oxidation sites excluding steroid dienone is 4. The summed E-state index contributed by atoms with van der Waals surface area (Å²) in [4.78, 5) is 17.9. The van der Waals surface area contributed by atoms with Crippen molar-refractivity contribution in [2.45, 2.75) is 65.6 Å². The Labute approximate surface area is 230 Å². The molecule has 0 aliphatic carbocycles. The number of halogens is 1. The van der Waals surface area contributed by atoms with Crippen molar-refractivity contribution >= 4 is 39.4 Å². The van der Waals surface area contributed by atoms with Gasteiger partial charge in [0, 0.05) is 17.8 Å². The topological polar surface area (TPSA) is 109 Å². The first-order chi connectivity index (χ1) is 17.5. The molecule has 2 heterocycles.